The minimum Gasteiger partial charge on any atom is -0.462 e. The van der Waals surface area contributed by atoms with Crippen LogP contribution in [0.15, 0.2) is 224 Å². The van der Waals surface area contributed by atoms with Gasteiger partial charge in [-0.2, -0.15) is 0 Å². The predicted molar refractivity (Wildman–Crippen MR) is 533 cm³/mol. The van der Waals surface area contributed by atoms with Crippen molar-refractivity contribution in [3.05, 3.63) is 318 Å². The van der Waals surface area contributed by atoms with Gasteiger partial charge in [0.1, 0.15) is 6.61 Å². The molecule has 9 aromatic rings. The largest absolute Gasteiger partial charge is 0.462 e. The lowest BCUT2D eigenvalue weighted by Gasteiger charge is -2.24. The van der Waals surface area contributed by atoms with Crippen LogP contribution in [0.2, 0.25) is 0 Å². The molecule has 0 saturated heterocycles. The molecule has 0 bridgehead atoms. The number of rotatable bonds is 26. The van der Waals surface area contributed by atoms with Gasteiger partial charge in [0.15, 0.2) is 0 Å². The number of allylic oxidation sites excluding steroid dienone is 2. The van der Waals surface area contributed by atoms with Gasteiger partial charge in [0.05, 0.1) is 90.8 Å². The van der Waals surface area contributed by atoms with E-state index < -0.39 is 0 Å². The molecule has 0 radical (unpaired) electrons. The lowest BCUT2D eigenvalue weighted by atomic mass is 9.85. The van der Waals surface area contributed by atoms with Crippen molar-refractivity contribution in [1.29, 1.82) is 0 Å². The van der Waals surface area contributed by atoms with Gasteiger partial charge in [0, 0.05) is 4.88 Å². The molecule has 0 N–H and O–H groups in total. The summed E-state index contributed by atoms with van der Waals surface area (Å²) in [5.41, 5.74) is 13.4. The highest BCUT2D eigenvalue weighted by Gasteiger charge is 2.34. The topological polar surface area (TPSA) is 210 Å². The van der Waals surface area contributed by atoms with Crippen molar-refractivity contribution in [3.8, 4) is 0 Å². The van der Waals surface area contributed by atoms with Gasteiger partial charge in [-0.25, -0.2) is 38.4 Å². The van der Waals surface area contributed by atoms with Crippen LogP contribution in [0.4, 0.5) is 0 Å². The summed E-state index contributed by atoms with van der Waals surface area (Å²) in [6.45, 7) is 43.0. The Balaban J connectivity index is 0.000000313. The van der Waals surface area contributed by atoms with Crippen molar-refractivity contribution >= 4 is 59.1 Å². The van der Waals surface area contributed by atoms with E-state index in [1.165, 1.54) is 51.4 Å². The minimum atomic E-state index is -0.258. The van der Waals surface area contributed by atoms with Crippen LogP contribution in [-0.4, -0.2) is 94.0 Å². The summed E-state index contributed by atoms with van der Waals surface area (Å²) < 4.78 is 42.5. The van der Waals surface area contributed by atoms with Crippen LogP contribution in [0.5, 0.6) is 0 Å². The van der Waals surface area contributed by atoms with Crippen molar-refractivity contribution in [2.75, 3.05) is 46.2 Å². The third-order valence-electron chi connectivity index (χ3n) is 23.2. The van der Waals surface area contributed by atoms with Gasteiger partial charge in [0.2, 0.25) is 0 Å². The summed E-state index contributed by atoms with van der Waals surface area (Å²) in [5.74, 6) is 2.80. The molecule has 4 aliphatic carbocycles. The summed E-state index contributed by atoms with van der Waals surface area (Å²) in [7, 11) is 0. The average Bonchev–Trinajstić information content (AvgIpc) is 1.67. The Hall–Kier alpha value is -11.0. The molecular formula is C114H152O16S. The molecule has 1 aromatic heterocycles. The van der Waals surface area contributed by atoms with E-state index in [-0.39, 0.29) is 73.4 Å². The number of ether oxygens (including phenoxy) is 8. The first kappa shape index (κ1) is 112. The van der Waals surface area contributed by atoms with E-state index in [0.717, 1.165) is 87.4 Å². The van der Waals surface area contributed by atoms with Crippen molar-refractivity contribution in [1.82, 2.24) is 0 Å². The highest BCUT2D eigenvalue weighted by molar-refractivity contribution is 7.09. The standard InChI is InChI=1S/C16H20O2.C16H24O2.C14H18O2.C14H20O2.C13H12O2S.2C13H16O2.C13H18O2.2CH4/c1-12-7-3-5-9-14(12)11-18-16(17)15-10-6-4-8-13(15)2;1-12(10-16(3,4)5)11-18-15(17)14-9-7-6-8-13(14)2;1-11-6-2-5-9-13(11)14(15)16-10-12-7-3-4-8-12;1-4-12(5-2)10-16-14(15)13-9-7-6-8-11(13)3;1-10-5-2-3-7-12(10)13(14)15-9-11-6-4-8-16-11;1-9-5-3-4-6-12(9)13(14)15-8-11-7-10(11)2;1-10-5-2-3-8-12(10)13(14)15-9-11-6-4-7-11;1-10-7-5-6-8-11(10)12(14)15-9-13(2,3)4;;/h3-6,8,10,12,14H,7,9,11H2,1-2H3;6-9,12H,10-11H2,1-5H3;2,5-6,9,12H,3-4,7-8,10H2,1H3;6-9,12H,4-5,10H2,1-3H3;2-8H,9H2,1H3;3-6,10-11H,7-8H2,1-2H3;2-3,5,8,11H,4,6-7,9H2,1H3;5-8H,9H2,1-4H3;2*1H4. The quantitative estimate of drug-likeness (QED) is 0.0280. The van der Waals surface area contributed by atoms with E-state index in [1.807, 2.05) is 276 Å². The van der Waals surface area contributed by atoms with E-state index in [2.05, 4.69) is 67.5 Å². The maximum atomic E-state index is 12.0. The van der Waals surface area contributed by atoms with E-state index in [0.29, 0.717) is 139 Å². The molecule has 131 heavy (non-hydrogen) atoms. The van der Waals surface area contributed by atoms with Crippen molar-refractivity contribution in [2.45, 2.75) is 236 Å². The van der Waals surface area contributed by atoms with E-state index >= 15 is 0 Å². The molecule has 0 aliphatic heterocycles. The number of thiophene rings is 1. The Labute approximate surface area is 789 Å². The first-order chi connectivity index (χ1) is 61.6. The average molecular weight is 1810 g/mol. The normalized spacial score (nSPS) is 15.2. The Morgan fingerprint density at radius 1 is 0.344 bits per heavy atom. The molecule has 4 aliphatic rings. The predicted octanol–water partition coefficient (Wildman–Crippen LogP) is 28.6. The van der Waals surface area contributed by atoms with Gasteiger partial charge >= 0.3 is 47.8 Å². The molecule has 3 fully saturated rings. The van der Waals surface area contributed by atoms with Gasteiger partial charge in [-0.1, -0.05) is 287 Å². The third kappa shape index (κ3) is 42.4. The number of aryl methyl sites for hydroxylation is 8. The van der Waals surface area contributed by atoms with Gasteiger partial charge in [0.25, 0.3) is 0 Å². The lowest BCUT2D eigenvalue weighted by molar-refractivity contribution is 0.0360. The second-order valence-electron chi connectivity index (χ2n) is 37.1. The van der Waals surface area contributed by atoms with E-state index in [1.54, 1.807) is 23.5 Å². The Morgan fingerprint density at radius 3 is 0.916 bits per heavy atom. The Kier molecular flexibility index (Phi) is 50.9. The van der Waals surface area contributed by atoms with Crippen molar-refractivity contribution in [2.24, 2.45) is 58.2 Å². The summed E-state index contributed by atoms with van der Waals surface area (Å²) in [6, 6.07) is 64.0. The molecular weight excluding hydrogens is 1660 g/mol. The third-order valence-corrected chi connectivity index (χ3v) is 24.0. The molecule has 16 nitrogen and oxygen atoms in total. The zero-order valence-electron chi connectivity index (χ0n) is 80.3. The number of carbonyl (C=O) groups excluding carboxylic acids is 8. The molecule has 17 heteroatoms. The van der Waals surface area contributed by atoms with Gasteiger partial charge in [-0.05, 0) is 269 Å². The zero-order chi connectivity index (χ0) is 94.4. The summed E-state index contributed by atoms with van der Waals surface area (Å²) in [5, 5.41) is 1.97. The van der Waals surface area contributed by atoms with E-state index in [4.69, 9.17) is 37.9 Å². The number of esters is 8. The number of hydrogen-bond acceptors (Lipinski definition) is 17. The number of carbonyl (C=O) groups is 8. The molecule has 3 saturated carbocycles. The molecule has 8 aromatic carbocycles. The first-order valence-electron chi connectivity index (χ1n) is 46.1. The fourth-order valence-electron chi connectivity index (χ4n) is 14.4. The fourth-order valence-corrected chi connectivity index (χ4v) is 15.0. The molecule has 0 amide bonds. The SMILES string of the molecule is C.C.CCC(CC)COC(=O)c1ccccc1C.Cc1ccccc1C(=O)OCC(C)(C)C.Cc1ccccc1C(=O)OCC(C)CC(C)(C)C.Cc1ccccc1C(=O)OCC1CC1C.Cc1ccccc1C(=O)OCC1CC=CCC1C.Cc1ccccc1C(=O)OCC1CCC1.Cc1ccccc1C(=O)OCC1CCCC1.Cc1ccccc1C(=O)OCc1cccs1. The summed E-state index contributed by atoms with van der Waals surface area (Å²) >= 11 is 1.59. The van der Waals surface area contributed by atoms with Crippen LogP contribution in [0.25, 0.3) is 0 Å². The molecule has 5 unspecified atom stereocenters. The van der Waals surface area contributed by atoms with Crippen LogP contribution in [0, 0.1) is 114 Å². The smallest absolute Gasteiger partial charge is 0.338 e. The zero-order valence-corrected chi connectivity index (χ0v) is 81.1. The number of hydrogen-bond donors (Lipinski definition) is 0. The van der Waals surface area contributed by atoms with Crippen LogP contribution >= 0.6 is 11.3 Å². The Bertz CT molecular complexity index is 4830. The van der Waals surface area contributed by atoms with Crippen LogP contribution < -0.4 is 0 Å². The second-order valence-corrected chi connectivity index (χ2v) is 38.1. The second kappa shape index (κ2) is 59.4. The monoisotopic (exact) mass is 1810 g/mol. The molecule has 13 rings (SSSR count). The molecule has 0 spiro atoms. The van der Waals surface area contributed by atoms with Crippen molar-refractivity contribution < 1.29 is 76.3 Å². The van der Waals surface area contributed by atoms with Gasteiger partial charge < -0.3 is 37.9 Å². The molecule has 5 atom stereocenters. The molecule has 1 heterocycles. The van der Waals surface area contributed by atoms with Crippen molar-refractivity contribution in [3.63, 3.8) is 0 Å². The highest BCUT2D eigenvalue weighted by atomic mass is 32.1. The first-order valence-corrected chi connectivity index (χ1v) is 46.9. The van der Waals surface area contributed by atoms with Gasteiger partial charge in [-0.3, -0.25) is 0 Å². The summed E-state index contributed by atoms with van der Waals surface area (Å²) in [4.78, 5) is 95.3. The van der Waals surface area contributed by atoms with Gasteiger partial charge in [-0.15, -0.1) is 11.3 Å². The lowest BCUT2D eigenvalue weighted by Crippen LogP contribution is -2.21. The van der Waals surface area contributed by atoms with Crippen LogP contribution in [0.3, 0.4) is 0 Å². The number of benzene rings is 8. The summed E-state index contributed by atoms with van der Waals surface area (Å²) in [6.07, 6.45) is 19.5. The fraction of sp³-hybridized carbons (Fsp3) is 0.456. The molecule has 710 valence electrons. The Morgan fingerprint density at radius 2 is 0.634 bits per heavy atom. The van der Waals surface area contributed by atoms with E-state index in [9.17, 15) is 38.4 Å². The highest BCUT2D eigenvalue weighted by Crippen LogP contribution is 2.38. The maximum Gasteiger partial charge on any atom is 0.338 e. The minimum absolute atomic E-state index is 0. The van der Waals surface area contributed by atoms with Crippen LogP contribution in [-0.2, 0) is 44.5 Å². The van der Waals surface area contributed by atoms with Crippen LogP contribution in [0.1, 0.15) is 307 Å². The maximum absolute atomic E-state index is 12.0.